The summed E-state index contributed by atoms with van der Waals surface area (Å²) in [6.07, 6.45) is -4.66. The largest absolute Gasteiger partial charge is 0.462 e. The third kappa shape index (κ3) is 7.18. The van der Waals surface area contributed by atoms with Crippen molar-refractivity contribution in [2.75, 3.05) is 6.61 Å². The summed E-state index contributed by atoms with van der Waals surface area (Å²) >= 11 is 0. The lowest BCUT2D eigenvalue weighted by molar-refractivity contribution is -0.343. The number of ether oxygens (including phenoxy) is 5. The second kappa shape index (κ2) is 15.3. The first-order valence-corrected chi connectivity index (χ1v) is 20.3. The number of benzene rings is 2. The summed E-state index contributed by atoms with van der Waals surface area (Å²) in [5.74, 6) is -8.59. The molecule has 3 aliphatic carbocycles. The second-order valence-electron chi connectivity index (χ2n) is 19.0. The molecule has 2 aromatic carbocycles. The number of aliphatic hydroxyl groups excluding tert-OH is 1. The Morgan fingerprint density at radius 1 is 0.931 bits per heavy atom. The van der Waals surface area contributed by atoms with Gasteiger partial charge in [0.15, 0.2) is 5.60 Å². The fourth-order valence-corrected chi connectivity index (χ4v) is 10.7. The van der Waals surface area contributed by atoms with Gasteiger partial charge >= 0.3 is 23.9 Å². The van der Waals surface area contributed by atoms with Crippen LogP contribution in [0, 0.1) is 39.9 Å². The van der Waals surface area contributed by atoms with Gasteiger partial charge in [-0.3, -0.25) is 24.0 Å². The lowest BCUT2D eigenvalue weighted by atomic mass is 9.39. The number of carbonyl (C=O) groups is 6. The minimum absolute atomic E-state index is 0.0662. The average molecular weight is 803 g/mol. The van der Waals surface area contributed by atoms with Crippen molar-refractivity contribution in [1.29, 1.82) is 0 Å². The summed E-state index contributed by atoms with van der Waals surface area (Å²) in [4.78, 5) is 84.8. The van der Waals surface area contributed by atoms with Crippen LogP contribution in [0.2, 0.25) is 0 Å². The summed E-state index contributed by atoms with van der Waals surface area (Å²) in [7, 11) is 0. The fraction of sp³-hybridized carbons (Fsp3) is 0.609. The van der Waals surface area contributed by atoms with Crippen molar-refractivity contribution in [3.63, 3.8) is 0 Å². The normalized spacial score (nSPS) is 35.0. The van der Waals surface area contributed by atoms with E-state index in [1.807, 2.05) is 51.1 Å². The quantitative estimate of drug-likeness (QED) is 0.173. The van der Waals surface area contributed by atoms with E-state index in [4.69, 9.17) is 23.7 Å². The molecular weight excluding hydrogens is 744 g/mol. The van der Waals surface area contributed by atoms with Crippen LogP contribution in [0.4, 0.5) is 0 Å². The molecule has 12 unspecified atom stereocenters. The van der Waals surface area contributed by atoms with Crippen molar-refractivity contribution >= 4 is 35.4 Å². The van der Waals surface area contributed by atoms with Crippen LogP contribution in [0.1, 0.15) is 110 Å². The van der Waals surface area contributed by atoms with Gasteiger partial charge in [-0.05, 0) is 57.2 Å². The predicted octanol–water partition coefficient (Wildman–Crippen LogP) is 6.20. The van der Waals surface area contributed by atoms with Crippen molar-refractivity contribution in [3.05, 3.63) is 71.8 Å². The van der Waals surface area contributed by atoms with Crippen LogP contribution in [0.5, 0.6) is 0 Å². The number of hydrogen-bond acceptors (Lipinski definition) is 12. The Labute approximate surface area is 340 Å². The van der Waals surface area contributed by atoms with Crippen molar-refractivity contribution in [2.24, 2.45) is 39.9 Å². The Morgan fingerprint density at radius 3 is 2.09 bits per heavy atom. The van der Waals surface area contributed by atoms with E-state index < -0.39 is 117 Å². The van der Waals surface area contributed by atoms with Gasteiger partial charge < -0.3 is 28.8 Å². The Kier molecular flexibility index (Phi) is 11.4. The lowest BCUT2D eigenvalue weighted by Gasteiger charge is -2.68. The highest BCUT2D eigenvalue weighted by atomic mass is 16.6. The standard InChI is InChI=1S/C46H58O12/c1-25(30(28-17-13-11-14-18-28)21-34(49)58-42(4,5)6)40(52)55-31-23-44(9)39(56-41(53)29-19-15-12-16-20-29)37-45(10,38(51)36(50)35(26(31)2)43(44,7)8)32(48)22-33-46(37,24-54-33)57-27(3)47/h11-20,25-26,30-33,35,37,39,48H,21-24H2,1-10H3. The minimum Gasteiger partial charge on any atom is -0.462 e. The lowest BCUT2D eigenvalue weighted by Crippen LogP contribution is -2.81. The monoisotopic (exact) mass is 802 g/mol. The molecule has 12 atom stereocenters. The van der Waals surface area contributed by atoms with Gasteiger partial charge in [0.1, 0.15) is 23.9 Å². The molecule has 6 rings (SSSR count). The van der Waals surface area contributed by atoms with Crippen LogP contribution in [0.3, 0.4) is 0 Å². The van der Waals surface area contributed by atoms with Gasteiger partial charge in [0.2, 0.25) is 11.6 Å². The van der Waals surface area contributed by atoms with Crippen LogP contribution >= 0.6 is 0 Å². The van der Waals surface area contributed by atoms with Crippen molar-refractivity contribution < 1.29 is 57.6 Å². The molecule has 1 heterocycles. The molecule has 58 heavy (non-hydrogen) atoms. The van der Waals surface area contributed by atoms with Crippen molar-refractivity contribution in [1.82, 2.24) is 0 Å². The number of hydrogen-bond donors (Lipinski definition) is 1. The fourth-order valence-electron chi connectivity index (χ4n) is 10.7. The zero-order valence-electron chi connectivity index (χ0n) is 35.2. The highest BCUT2D eigenvalue weighted by molar-refractivity contribution is 6.40. The highest BCUT2D eigenvalue weighted by Gasteiger charge is 2.78. The van der Waals surface area contributed by atoms with E-state index in [0.717, 1.165) is 5.56 Å². The summed E-state index contributed by atoms with van der Waals surface area (Å²) in [5, 5.41) is 11.9. The van der Waals surface area contributed by atoms with Crippen LogP contribution in [-0.4, -0.2) is 82.8 Å². The molecule has 0 spiro atoms. The maximum absolute atomic E-state index is 15.0. The molecule has 0 aromatic heterocycles. The van der Waals surface area contributed by atoms with Crippen molar-refractivity contribution in [2.45, 2.75) is 130 Å². The molecule has 4 fully saturated rings. The second-order valence-corrected chi connectivity index (χ2v) is 19.0. The van der Waals surface area contributed by atoms with Gasteiger partial charge in [-0.1, -0.05) is 83.1 Å². The maximum atomic E-state index is 15.0. The first-order chi connectivity index (χ1) is 27.0. The van der Waals surface area contributed by atoms with E-state index in [2.05, 4.69) is 0 Å². The number of rotatable bonds is 9. The Morgan fingerprint density at radius 2 is 1.53 bits per heavy atom. The number of Topliss-reactive ketones (excluding diaryl/α,β-unsaturated/α-hetero) is 2. The van der Waals surface area contributed by atoms with E-state index in [1.165, 1.54) is 13.8 Å². The topological polar surface area (TPSA) is 169 Å². The molecule has 1 saturated heterocycles. The molecule has 12 heteroatoms. The summed E-state index contributed by atoms with van der Waals surface area (Å²) in [5.41, 5.74) is -5.55. The van der Waals surface area contributed by atoms with Crippen LogP contribution < -0.4 is 0 Å². The van der Waals surface area contributed by atoms with Gasteiger partial charge in [0, 0.05) is 36.5 Å². The number of carbonyl (C=O) groups excluding carboxylic acids is 6. The molecule has 4 aliphatic rings. The third-order valence-electron chi connectivity index (χ3n) is 14.1. The van der Waals surface area contributed by atoms with Gasteiger partial charge in [-0.25, -0.2) is 4.79 Å². The van der Waals surface area contributed by atoms with Crippen LogP contribution in [0.15, 0.2) is 60.7 Å². The molecule has 1 N–H and O–H groups in total. The molecule has 2 aromatic rings. The van der Waals surface area contributed by atoms with Gasteiger partial charge in [0.05, 0.1) is 41.9 Å². The number of esters is 4. The molecule has 0 radical (unpaired) electrons. The van der Waals surface area contributed by atoms with Gasteiger partial charge in [-0.2, -0.15) is 0 Å². The van der Waals surface area contributed by atoms with E-state index >= 15 is 4.79 Å². The zero-order chi connectivity index (χ0) is 42.7. The first-order valence-electron chi connectivity index (χ1n) is 20.3. The van der Waals surface area contributed by atoms with Gasteiger partial charge in [0.25, 0.3) is 0 Å². The van der Waals surface area contributed by atoms with E-state index in [1.54, 1.807) is 65.0 Å². The summed E-state index contributed by atoms with van der Waals surface area (Å²) in [6.45, 7) is 16.9. The Bertz CT molecular complexity index is 1940. The molecule has 3 saturated carbocycles. The minimum atomic E-state index is -1.87. The molecule has 314 valence electrons. The molecule has 0 amide bonds. The third-order valence-corrected chi connectivity index (χ3v) is 14.1. The maximum Gasteiger partial charge on any atom is 0.338 e. The molecular formula is C46H58O12. The summed E-state index contributed by atoms with van der Waals surface area (Å²) < 4.78 is 30.8. The first kappa shape index (κ1) is 43.2. The highest BCUT2D eigenvalue weighted by Crippen LogP contribution is 2.67. The molecule has 1 aliphatic heterocycles. The number of aliphatic hydroxyl groups is 1. The number of fused-ring (bicyclic) bond motifs is 5. The van der Waals surface area contributed by atoms with E-state index in [-0.39, 0.29) is 31.4 Å². The zero-order valence-corrected chi connectivity index (χ0v) is 35.2. The van der Waals surface area contributed by atoms with Crippen molar-refractivity contribution in [3.8, 4) is 0 Å². The van der Waals surface area contributed by atoms with Crippen LogP contribution in [0.25, 0.3) is 0 Å². The van der Waals surface area contributed by atoms with Gasteiger partial charge in [-0.15, -0.1) is 0 Å². The summed E-state index contributed by atoms with van der Waals surface area (Å²) in [6, 6.07) is 17.5. The predicted molar refractivity (Wildman–Crippen MR) is 210 cm³/mol. The smallest absolute Gasteiger partial charge is 0.338 e. The average Bonchev–Trinajstić information content (AvgIpc) is 3.14. The molecule has 2 bridgehead atoms. The van der Waals surface area contributed by atoms with Crippen LogP contribution in [-0.2, 0) is 47.7 Å². The number of ketones is 2. The van der Waals surface area contributed by atoms with E-state index in [0.29, 0.717) is 0 Å². The SMILES string of the molecule is CC(=O)OC12COC1CC(O)C1(C)C(=O)C(=O)C3C(C)C(OC(=O)C(C)C(CC(=O)OC(C)(C)C)c4ccccc4)CC(C)(C(OC(=O)c4ccccc4)C21)C3(C)C. The Hall–Kier alpha value is -4.42. The Balaban J connectivity index is 1.46. The van der Waals surface area contributed by atoms with E-state index in [9.17, 15) is 29.1 Å². The molecule has 12 nitrogen and oxygen atoms in total.